The van der Waals surface area contributed by atoms with Crippen LogP contribution in [0.1, 0.15) is 23.0 Å². The first-order valence-corrected chi connectivity index (χ1v) is 7.25. The Hall–Kier alpha value is -1.66. The molecule has 0 aromatic carbocycles. The van der Waals surface area contributed by atoms with Crippen molar-refractivity contribution in [2.45, 2.75) is 13.3 Å². The van der Waals surface area contributed by atoms with E-state index in [0.717, 1.165) is 31.0 Å². The molecule has 118 valence electrons. The molecule has 1 aromatic heterocycles. The number of rotatable bonds is 9. The van der Waals surface area contributed by atoms with E-state index in [0.29, 0.717) is 18.7 Å². The molecule has 0 radical (unpaired) electrons. The fourth-order valence-corrected chi connectivity index (χ4v) is 1.85. The van der Waals surface area contributed by atoms with Crippen molar-refractivity contribution in [1.82, 2.24) is 15.2 Å². The number of nitrogens with zero attached hydrogens (tertiary/aromatic N) is 2. The van der Waals surface area contributed by atoms with Gasteiger partial charge in [-0.3, -0.25) is 4.79 Å². The number of nitrogens with one attached hydrogen (secondary N) is 2. The van der Waals surface area contributed by atoms with Crippen molar-refractivity contribution in [1.29, 1.82) is 0 Å². The van der Waals surface area contributed by atoms with Gasteiger partial charge in [0.1, 0.15) is 5.82 Å². The Kier molecular flexibility index (Phi) is 7.71. The van der Waals surface area contributed by atoms with Crippen LogP contribution < -0.4 is 10.6 Å². The summed E-state index contributed by atoms with van der Waals surface area (Å²) in [6.45, 7) is 4.97. The van der Waals surface area contributed by atoms with Gasteiger partial charge < -0.3 is 20.3 Å². The van der Waals surface area contributed by atoms with Gasteiger partial charge in [-0.1, -0.05) is 6.92 Å². The van der Waals surface area contributed by atoms with E-state index in [4.69, 9.17) is 4.74 Å². The average Bonchev–Trinajstić information content (AvgIpc) is 2.52. The fourth-order valence-electron chi connectivity index (χ4n) is 1.85. The summed E-state index contributed by atoms with van der Waals surface area (Å²) in [5.74, 6) is 0.653. The number of pyridine rings is 1. The predicted molar refractivity (Wildman–Crippen MR) is 84.9 cm³/mol. The Labute approximate surface area is 126 Å². The molecule has 1 aromatic rings. The van der Waals surface area contributed by atoms with E-state index >= 15 is 0 Å². The minimum Gasteiger partial charge on any atom is -0.383 e. The van der Waals surface area contributed by atoms with Gasteiger partial charge >= 0.3 is 0 Å². The molecule has 1 amide bonds. The lowest BCUT2D eigenvalue weighted by molar-refractivity contribution is 0.0947. The van der Waals surface area contributed by atoms with Gasteiger partial charge in [0.05, 0.1) is 6.61 Å². The molecule has 6 nitrogen and oxygen atoms in total. The first-order valence-electron chi connectivity index (χ1n) is 7.25. The van der Waals surface area contributed by atoms with Crippen LogP contribution in [0.2, 0.25) is 0 Å². The lowest BCUT2D eigenvalue weighted by Gasteiger charge is -2.16. The van der Waals surface area contributed by atoms with E-state index in [2.05, 4.69) is 20.5 Å². The minimum atomic E-state index is -0.0660. The van der Waals surface area contributed by atoms with Crippen LogP contribution in [0.3, 0.4) is 0 Å². The third-order valence-corrected chi connectivity index (χ3v) is 3.22. The highest BCUT2D eigenvalue weighted by atomic mass is 16.5. The standard InChI is InChI=1S/C15H26N4O2/c1-5-13-10-12(11-14(16-2)18-13)15(20)17-6-7-19(3)8-9-21-4/h10-11H,5-9H2,1-4H3,(H,16,18)(H,17,20). The highest BCUT2D eigenvalue weighted by Gasteiger charge is 2.09. The summed E-state index contributed by atoms with van der Waals surface area (Å²) in [6, 6.07) is 3.61. The molecule has 21 heavy (non-hydrogen) atoms. The van der Waals surface area contributed by atoms with E-state index in [1.165, 1.54) is 0 Å². The number of carbonyl (C=O) groups excluding carboxylic acids is 1. The van der Waals surface area contributed by atoms with Crippen molar-refractivity contribution in [3.63, 3.8) is 0 Å². The topological polar surface area (TPSA) is 66.5 Å². The molecule has 0 saturated heterocycles. The molecule has 0 spiro atoms. The van der Waals surface area contributed by atoms with Crippen LogP contribution >= 0.6 is 0 Å². The molecular weight excluding hydrogens is 268 g/mol. The summed E-state index contributed by atoms with van der Waals surface area (Å²) in [4.78, 5) is 18.7. The number of hydrogen-bond donors (Lipinski definition) is 2. The maximum Gasteiger partial charge on any atom is 0.251 e. The second-order valence-corrected chi connectivity index (χ2v) is 4.89. The zero-order valence-corrected chi connectivity index (χ0v) is 13.4. The first kappa shape index (κ1) is 17.4. The number of aryl methyl sites for hydroxylation is 1. The van der Waals surface area contributed by atoms with Crippen molar-refractivity contribution < 1.29 is 9.53 Å². The van der Waals surface area contributed by atoms with Gasteiger partial charge in [0, 0.05) is 45.0 Å². The number of methoxy groups -OCH3 is 1. The maximum absolute atomic E-state index is 12.2. The molecule has 2 N–H and O–H groups in total. The zero-order chi connectivity index (χ0) is 15.7. The van der Waals surface area contributed by atoms with Crippen molar-refractivity contribution >= 4 is 11.7 Å². The fraction of sp³-hybridized carbons (Fsp3) is 0.600. The highest BCUT2D eigenvalue weighted by Crippen LogP contribution is 2.10. The van der Waals surface area contributed by atoms with Gasteiger partial charge in [-0.15, -0.1) is 0 Å². The van der Waals surface area contributed by atoms with Crippen LogP contribution in [0.25, 0.3) is 0 Å². The predicted octanol–water partition coefficient (Wildman–Crippen LogP) is 0.994. The van der Waals surface area contributed by atoms with Gasteiger partial charge in [0.2, 0.25) is 0 Å². The zero-order valence-electron chi connectivity index (χ0n) is 13.4. The third-order valence-electron chi connectivity index (χ3n) is 3.22. The summed E-state index contributed by atoms with van der Waals surface area (Å²) in [5, 5.41) is 5.91. The first-order chi connectivity index (χ1) is 10.1. The molecular formula is C15H26N4O2. The van der Waals surface area contributed by atoms with Crippen LogP contribution in [-0.4, -0.2) is 63.2 Å². The van der Waals surface area contributed by atoms with Crippen molar-refractivity contribution in [3.8, 4) is 0 Å². The number of carbonyl (C=O) groups is 1. The van der Waals surface area contributed by atoms with Crippen LogP contribution in [-0.2, 0) is 11.2 Å². The Bertz CT molecular complexity index is 429. The molecule has 0 aliphatic rings. The van der Waals surface area contributed by atoms with Crippen LogP contribution in [0.5, 0.6) is 0 Å². The number of anilines is 1. The molecule has 6 heteroatoms. The largest absolute Gasteiger partial charge is 0.383 e. The number of ether oxygens (including phenoxy) is 1. The molecule has 0 aliphatic heterocycles. The minimum absolute atomic E-state index is 0.0660. The van der Waals surface area contributed by atoms with Crippen molar-refractivity contribution in [2.75, 3.05) is 52.8 Å². The number of amides is 1. The van der Waals surface area contributed by atoms with Crippen LogP contribution in [0, 0.1) is 0 Å². The second kappa shape index (κ2) is 9.31. The van der Waals surface area contributed by atoms with Crippen LogP contribution in [0.4, 0.5) is 5.82 Å². The quantitative estimate of drug-likeness (QED) is 0.711. The van der Waals surface area contributed by atoms with E-state index in [-0.39, 0.29) is 5.91 Å². The normalized spacial score (nSPS) is 10.7. The molecule has 0 unspecified atom stereocenters. The number of aromatic nitrogens is 1. The van der Waals surface area contributed by atoms with Gasteiger partial charge in [0.25, 0.3) is 5.91 Å². The molecule has 0 aliphatic carbocycles. The third kappa shape index (κ3) is 6.10. The monoisotopic (exact) mass is 294 g/mol. The lowest BCUT2D eigenvalue weighted by atomic mass is 10.2. The molecule has 0 saturated carbocycles. The SMILES string of the molecule is CCc1cc(C(=O)NCCN(C)CCOC)cc(NC)n1. The molecule has 0 fully saturated rings. The highest BCUT2D eigenvalue weighted by molar-refractivity contribution is 5.95. The molecule has 0 bridgehead atoms. The van der Waals surface area contributed by atoms with Gasteiger partial charge in [-0.2, -0.15) is 0 Å². The van der Waals surface area contributed by atoms with E-state index in [1.54, 1.807) is 20.2 Å². The Balaban J connectivity index is 2.51. The van der Waals surface area contributed by atoms with Gasteiger partial charge in [0.15, 0.2) is 0 Å². The number of hydrogen-bond acceptors (Lipinski definition) is 5. The second-order valence-electron chi connectivity index (χ2n) is 4.89. The summed E-state index contributed by atoms with van der Waals surface area (Å²) < 4.78 is 5.02. The molecule has 1 rings (SSSR count). The summed E-state index contributed by atoms with van der Waals surface area (Å²) in [7, 11) is 5.49. The molecule has 1 heterocycles. The van der Waals surface area contributed by atoms with E-state index in [1.807, 2.05) is 20.0 Å². The van der Waals surface area contributed by atoms with E-state index < -0.39 is 0 Å². The Morgan fingerprint density at radius 1 is 1.38 bits per heavy atom. The van der Waals surface area contributed by atoms with Crippen molar-refractivity contribution in [2.24, 2.45) is 0 Å². The van der Waals surface area contributed by atoms with Crippen LogP contribution in [0.15, 0.2) is 12.1 Å². The smallest absolute Gasteiger partial charge is 0.251 e. The summed E-state index contributed by atoms with van der Waals surface area (Å²) in [6.07, 6.45) is 0.801. The lowest BCUT2D eigenvalue weighted by Crippen LogP contribution is -2.34. The average molecular weight is 294 g/mol. The summed E-state index contributed by atoms with van der Waals surface area (Å²) in [5.41, 5.74) is 1.55. The Morgan fingerprint density at radius 2 is 2.14 bits per heavy atom. The Morgan fingerprint density at radius 3 is 2.76 bits per heavy atom. The maximum atomic E-state index is 12.2. The van der Waals surface area contributed by atoms with E-state index in [9.17, 15) is 4.79 Å². The van der Waals surface area contributed by atoms with Crippen molar-refractivity contribution in [3.05, 3.63) is 23.4 Å². The number of likely N-dealkylation sites (N-methyl/N-ethyl adjacent to an activating group) is 1. The van der Waals surface area contributed by atoms with Gasteiger partial charge in [-0.05, 0) is 25.6 Å². The van der Waals surface area contributed by atoms with Gasteiger partial charge in [-0.25, -0.2) is 4.98 Å². The molecule has 0 atom stereocenters. The summed E-state index contributed by atoms with van der Waals surface area (Å²) >= 11 is 0.